The van der Waals surface area contributed by atoms with Crippen LogP contribution in [0.1, 0.15) is 37.7 Å². The summed E-state index contributed by atoms with van der Waals surface area (Å²) in [7, 11) is 0. The Hall–Kier alpha value is -0.420. The largest absolute Gasteiger partial charge is 0.481 e. The van der Waals surface area contributed by atoms with E-state index in [1.165, 1.54) is 0 Å². The van der Waals surface area contributed by atoms with E-state index in [0.717, 1.165) is 48.4 Å². The van der Waals surface area contributed by atoms with Gasteiger partial charge in [-0.25, -0.2) is 0 Å². The van der Waals surface area contributed by atoms with E-state index in [1.807, 2.05) is 12.1 Å². The van der Waals surface area contributed by atoms with Gasteiger partial charge in [-0.05, 0) is 42.7 Å². The number of hydrogen-bond donors (Lipinski definition) is 2. The van der Waals surface area contributed by atoms with Gasteiger partial charge >= 0.3 is 5.97 Å². The summed E-state index contributed by atoms with van der Waals surface area (Å²) in [5.41, 5.74) is 1.14. The maximum atomic E-state index is 10.4. The van der Waals surface area contributed by atoms with Gasteiger partial charge in [0.1, 0.15) is 0 Å². The number of unbranched alkanes of at least 4 members (excludes halogenated alkanes) is 3. The molecule has 0 aliphatic heterocycles. The quantitative estimate of drug-likeness (QED) is 0.560. The highest BCUT2D eigenvalue weighted by Gasteiger charge is 2.08. The minimum Gasteiger partial charge on any atom is -0.481 e. The van der Waals surface area contributed by atoms with Crippen LogP contribution in [0.15, 0.2) is 18.2 Å². The third-order valence-corrected chi connectivity index (χ3v) is 5.01. The molecule has 0 aliphatic rings. The normalized spacial score (nSPS) is 12.3. The predicted octanol–water partition coefficient (Wildman–Crippen LogP) is 4.67. The molecular formula is C16H22Cl2O3S. The average Bonchev–Trinajstić information content (AvgIpc) is 2.43. The van der Waals surface area contributed by atoms with Crippen molar-refractivity contribution in [3.8, 4) is 0 Å². The topological polar surface area (TPSA) is 57.5 Å². The smallest absolute Gasteiger partial charge is 0.306 e. The zero-order chi connectivity index (χ0) is 16.4. The summed E-state index contributed by atoms with van der Waals surface area (Å²) in [6.45, 7) is 0. The molecule has 1 aromatic rings. The Labute approximate surface area is 146 Å². The molecule has 3 nitrogen and oxygen atoms in total. The standard InChI is InChI=1S/C16H22Cl2O3S/c17-13-7-6-12(15(18)9-13)5-3-1-2-4-8-22-11-14(19)10-16(20)21/h6-7,9,14,19H,1-5,8,10-11H2,(H,20,21)/t14-/m1/s1. The molecule has 0 spiro atoms. The molecule has 0 saturated carbocycles. The van der Waals surface area contributed by atoms with E-state index < -0.39 is 12.1 Å². The van der Waals surface area contributed by atoms with Gasteiger partial charge in [-0.1, -0.05) is 42.1 Å². The van der Waals surface area contributed by atoms with E-state index in [1.54, 1.807) is 17.8 Å². The third-order valence-electron chi connectivity index (χ3n) is 3.22. The number of carbonyl (C=O) groups is 1. The third kappa shape index (κ3) is 8.89. The maximum absolute atomic E-state index is 10.4. The lowest BCUT2D eigenvalue weighted by atomic mass is 10.1. The summed E-state index contributed by atoms with van der Waals surface area (Å²) in [6.07, 6.45) is 4.49. The number of carboxylic acids is 1. The Bertz CT molecular complexity index is 469. The molecule has 22 heavy (non-hydrogen) atoms. The number of halogens is 2. The van der Waals surface area contributed by atoms with Gasteiger partial charge in [0.05, 0.1) is 12.5 Å². The van der Waals surface area contributed by atoms with Crippen LogP contribution in [0.25, 0.3) is 0 Å². The summed E-state index contributed by atoms with van der Waals surface area (Å²) < 4.78 is 0. The Balaban J connectivity index is 2.01. The molecule has 0 aliphatic carbocycles. The van der Waals surface area contributed by atoms with Gasteiger partial charge in [0, 0.05) is 15.8 Å². The lowest BCUT2D eigenvalue weighted by Crippen LogP contribution is -2.15. The van der Waals surface area contributed by atoms with Crippen molar-refractivity contribution in [2.24, 2.45) is 0 Å². The van der Waals surface area contributed by atoms with Gasteiger partial charge in [0.25, 0.3) is 0 Å². The number of aliphatic carboxylic acids is 1. The van der Waals surface area contributed by atoms with Crippen LogP contribution in [0, 0.1) is 0 Å². The molecule has 1 atom stereocenters. The van der Waals surface area contributed by atoms with Crippen molar-refractivity contribution >= 4 is 40.9 Å². The van der Waals surface area contributed by atoms with E-state index in [0.29, 0.717) is 10.8 Å². The highest BCUT2D eigenvalue weighted by molar-refractivity contribution is 7.99. The van der Waals surface area contributed by atoms with Crippen LogP contribution in [0.5, 0.6) is 0 Å². The molecule has 1 rings (SSSR count). The lowest BCUT2D eigenvalue weighted by molar-refractivity contribution is -0.138. The van der Waals surface area contributed by atoms with E-state index >= 15 is 0 Å². The summed E-state index contributed by atoms with van der Waals surface area (Å²) in [4.78, 5) is 10.4. The summed E-state index contributed by atoms with van der Waals surface area (Å²) in [5, 5.41) is 19.3. The van der Waals surface area contributed by atoms with Crippen molar-refractivity contribution in [1.29, 1.82) is 0 Å². The molecule has 0 saturated heterocycles. The number of hydrogen-bond acceptors (Lipinski definition) is 3. The first-order chi connectivity index (χ1) is 10.5. The Morgan fingerprint density at radius 3 is 2.59 bits per heavy atom. The number of aliphatic hydroxyl groups is 1. The van der Waals surface area contributed by atoms with Crippen molar-refractivity contribution in [3.63, 3.8) is 0 Å². The first-order valence-electron chi connectivity index (χ1n) is 7.40. The SMILES string of the molecule is O=C(O)C[C@@H](O)CSCCCCCCc1ccc(Cl)cc1Cl. The molecule has 124 valence electrons. The molecule has 0 aromatic heterocycles. The fourth-order valence-corrected chi connectivity index (χ4v) is 3.55. The van der Waals surface area contributed by atoms with Crippen LogP contribution >= 0.6 is 35.0 Å². The zero-order valence-electron chi connectivity index (χ0n) is 12.4. The Morgan fingerprint density at radius 1 is 1.18 bits per heavy atom. The average molecular weight is 365 g/mol. The Kier molecular flexibility index (Phi) is 9.96. The number of aliphatic hydroxyl groups excluding tert-OH is 1. The van der Waals surface area contributed by atoms with Crippen LogP contribution < -0.4 is 0 Å². The molecular weight excluding hydrogens is 343 g/mol. The second-order valence-electron chi connectivity index (χ2n) is 5.23. The van der Waals surface area contributed by atoms with Crippen molar-refractivity contribution in [2.75, 3.05) is 11.5 Å². The minimum atomic E-state index is -0.950. The van der Waals surface area contributed by atoms with Crippen molar-refractivity contribution < 1.29 is 15.0 Å². The molecule has 6 heteroatoms. The molecule has 0 radical (unpaired) electrons. The first-order valence-corrected chi connectivity index (χ1v) is 9.31. The molecule has 0 heterocycles. The lowest BCUT2D eigenvalue weighted by Gasteiger charge is -2.07. The van der Waals surface area contributed by atoms with E-state index in [-0.39, 0.29) is 6.42 Å². The van der Waals surface area contributed by atoms with Crippen LogP contribution in [-0.4, -0.2) is 33.8 Å². The van der Waals surface area contributed by atoms with E-state index in [9.17, 15) is 9.90 Å². The van der Waals surface area contributed by atoms with Crippen molar-refractivity contribution in [1.82, 2.24) is 0 Å². The van der Waals surface area contributed by atoms with Gasteiger partial charge < -0.3 is 10.2 Å². The summed E-state index contributed by atoms with van der Waals surface area (Å²) in [6, 6.07) is 5.61. The second-order valence-corrected chi connectivity index (χ2v) is 7.22. The first kappa shape index (κ1) is 19.6. The van der Waals surface area contributed by atoms with Gasteiger partial charge in [-0.2, -0.15) is 11.8 Å². The van der Waals surface area contributed by atoms with Crippen LogP contribution in [0.4, 0.5) is 0 Å². The molecule has 0 amide bonds. The molecule has 0 unspecified atom stereocenters. The molecule has 2 N–H and O–H groups in total. The fraction of sp³-hybridized carbons (Fsp3) is 0.562. The number of benzene rings is 1. The van der Waals surface area contributed by atoms with Crippen LogP contribution in [0.2, 0.25) is 10.0 Å². The van der Waals surface area contributed by atoms with Gasteiger partial charge in [0.15, 0.2) is 0 Å². The number of aryl methyl sites for hydroxylation is 1. The second kappa shape index (κ2) is 11.2. The van der Waals surface area contributed by atoms with Crippen LogP contribution in [0.3, 0.4) is 0 Å². The highest BCUT2D eigenvalue weighted by Crippen LogP contribution is 2.22. The number of rotatable bonds is 11. The number of carboxylic acid groups (broad SMARTS) is 1. The highest BCUT2D eigenvalue weighted by atomic mass is 35.5. The van der Waals surface area contributed by atoms with E-state index in [2.05, 4.69) is 0 Å². The monoisotopic (exact) mass is 364 g/mol. The number of thioether (sulfide) groups is 1. The van der Waals surface area contributed by atoms with Gasteiger partial charge in [-0.15, -0.1) is 0 Å². The van der Waals surface area contributed by atoms with Crippen molar-refractivity contribution in [3.05, 3.63) is 33.8 Å². The minimum absolute atomic E-state index is 0.172. The van der Waals surface area contributed by atoms with Crippen LogP contribution in [-0.2, 0) is 11.2 Å². The molecule has 0 fully saturated rings. The van der Waals surface area contributed by atoms with Gasteiger partial charge in [0.2, 0.25) is 0 Å². The summed E-state index contributed by atoms with van der Waals surface area (Å²) in [5.74, 6) is 0.499. The molecule has 0 bridgehead atoms. The predicted molar refractivity (Wildman–Crippen MR) is 94.2 cm³/mol. The van der Waals surface area contributed by atoms with Gasteiger partial charge in [-0.3, -0.25) is 4.79 Å². The zero-order valence-corrected chi connectivity index (χ0v) is 14.8. The fourth-order valence-electron chi connectivity index (χ4n) is 2.08. The Morgan fingerprint density at radius 2 is 1.91 bits per heavy atom. The maximum Gasteiger partial charge on any atom is 0.306 e. The summed E-state index contributed by atoms with van der Waals surface area (Å²) >= 11 is 13.6. The van der Waals surface area contributed by atoms with Crippen molar-refractivity contribution in [2.45, 2.75) is 44.6 Å². The van der Waals surface area contributed by atoms with E-state index in [4.69, 9.17) is 28.3 Å². The molecule has 1 aromatic carbocycles.